The highest BCUT2D eigenvalue weighted by Gasteiger charge is 2.36. The van der Waals surface area contributed by atoms with Gasteiger partial charge < -0.3 is 18.8 Å². The Bertz CT molecular complexity index is 1460. The van der Waals surface area contributed by atoms with Gasteiger partial charge in [-0.25, -0.2) is 9.69 Å². The Morgan fingerprint density at radius 1 is 0.973 bits per heavy atom. The number of nitrogens with zero attached hydrogens (tertiary/aromatic N) is 2. The number of anilines is 1. The number of methoxy groups -OCH3 is 3. The molecule has 2 aromatic carbocycles. The molecule has 0 saturated carbocycles. The number of aryl methyl sites for hydroxylation is 1. The number of aromatic nitrogens is 1. The third-order valence-corrected chi connectivity index (χ3v) is 6.33. The largest absolute Gasteiger partial charge is 0.497 e. The van der Waals surface area contributed by atoms with Crippen LogP contribution >= 0.6 is 12.2 Å². The van der Waals surface area contributed by atoms with E-state index in [0.29, 0.717) is 28.3 Å². The van der Waals surface area contributed by atoms with Crippen LogP contribution in [0.3, 0.4) is 0 Å². The molecule has 0 aliphatic carbocycles. The number of amides is 2. The summed E-state index contributed by atoms with van der Waals surface area (Å²) < 4.78 is 17.4. The van der Waals surface area contributed by atoms with Crippen molar-refractivity contribution in [2.75, 3.05) is 26.2 Å². The molecule has 1 aromatic heterocycles. The van der Waals surface area contributed by atoms with Crippen molar-refractivity contribution in [2.24, 2.45) is 0 Å². The molecule has 0 unspecified atom stereocenters. The van der Waals surface area contributed by atoms with Crippen LogP contribution in [-0.4, -0.2) is 48.8 Å². The van der Waals surface area contributed by atoms with E-state index in [1.165, 1.54) is 26.2 Å². The highest BCUT2D eigenvalue weighted by atomic mass is 32.1. The molecule has 3 aromatic rings. The van der Waals surface area contributed by atoms with Gasteiger partial charge >= 0.3 is 5.97 Å². The van der Waals surface area contributed by atoms with Gasteiger partial charge in [0, 0.05) is 23.1 Å². The van der Waals surface area contributed by atoms with E-state index < -0.39 is 17.8 Å². The van der Waals surface area contributed by atoms with Crippen LogP contribution in [0.5, 0.6) is 11.5 Å². The molecule has 1 aliphatic heterocycles. The van der Waals surface area contributed by atoms with Gasteiger partial charge in [-0.3, -0.25) is 14.9 Å². The van der Waals surface area contributed by atoms with Gasteiger partial charge in [-0.2, -0.15) is 0 Å². The summed E-state index contributed by atoms with van der Waals surface area (Å²) in [5.74, 6) is -0.687. The summed E-state index contributed by atoms with van der Waals surface area (Å²) in [6, 6.07) is 13.8. The molecule has 4 rings (SSSR count). The number of carbonyl (C=O) groups is 3. The maximum Gasteiger partial charge on any atom is 0.337 e. The van der Waals surface area contributed by atoms with Crippen LogP contribution in [0.2, 0.25) is 0 Å². The van der Waals surface area contributed by atoms with Crippen LogP contribution in [0.1, 0.15) is 27.3 Å². The zero-order valence-electron chi connectivity index (χ0n) is 20.9. The Hall–Kier alpha value is -4.44. The van der Waals surface area contributed by atoms with Gasteiger partial charge in [0.2, 0.25) is 0 Å². The maximum absolute atomic E-state index is 13.5. The van der Waals surface area contributed by atoms with E-state index in [0.717, 1.165) is 17.1 Å². The van der Waals surface area contributed by atoms with Crippen molar-refractivity contribution in [3.63, 3.8) is 0 Å². The smallest absolute Gasteiger partial charge is 0.337 e. The molecule has 1 N–H and O–H groups in total. The fraction of sp³-hybridized carbons (Fsp3) is 0.185. The van der Waals surface area contributed by atoms with E-state index in [4.69, 9.17) is 26.4 Å². The van der Waals surface area contributed by atoms with Crippen molar-refractivity contribution in [3.8, 4) is 17.2 Å². The predicted octanol–water partition coefficient (Wildman–Crippen LogP) is 3.73. The summed E-state index contributed by atoms with van der Waals surface area (Å²) in [5, 5.41) is 2.55. The number of esters is 1. The minimum absolute atomic E-state index is 0.0493. The number of hydrogen-bond donors (Lipinski definition) is 1. The lowest BCUT2D eigenvalue weighted by atomic mass is 10.1. The summed E-state index contributed by atoms with van der Waals surface area (Å²) in [7, 11) is 4.32. The van der Waals surface area contributed by atoms with E-state index in [9.17, 15) is 14.4 Å². The summed E-state index contributed by atoms with van der Waals surface area (Å²) in [6.45, 7) is 3.80. The van der Waals surface area contributed by atoms with Crippen molar-refractivity contribution < 1.29 is 28.6 Å². The molecule has 0 spiro atoms. The van der Waals surface area contributed by atoms with Crippen molar-refractivity contribution in [1.29, 1.82) is 0 Å². The highest BCUT2D eigenvalue weighted by molar-refractivity contribution is 7.80. The van der Waals surface area contributed by atoms with E-state index >= 15 is 0 Å². The average Bonchev–Trinajstić information content (AvgIpc) is 3.18. The van der Waals surface area contributed by atoms with Gasteiger partial charge in [0.15, 0.2) is 5.11 Å². The maximum atomic E-state index is 13.5. The van der Waals surface area contributed by atoms with Gasteiger partial charge in [0.05, 0.1) is 32.6 Å². The SMILES string of the molecule is COC(=O)c1ccc(-n2c(C)cc(/C=C3\C(=O)NC(=S)N(c4ccc(OC)cc4OC)C3=O)c2C)cc1. The van der Waals surface area contributed by atoms with Crippen LogP contribution in [0.15, 0.2) is 54.1 Å². The minimum atomic E-state index is -0.592. The van der Waals surface area contributed by atoms with Crippen molar-refractivity contribution in [1.82, 2.24) is 9.88 Å². The fourth-order valence-electron chi connectivity index (χ4n) is 4.20. The first-order valence-electron chi connectivity index (χ1n) is 11.2. The highest BCUT2D eigenvalue weighted by Crippen LogP contribution is 2.34. The van der Waals surface area contributed by atoms with E-state index in [1.807, 2.05) is 24.5 Å². The molecule has 2 amide bonds. The van der Waals surface area contributed by atoms with Crippen LogP contribution in [-0.2, 0) is 14.3 Å². The Morgan fingerprint density at radius 2 is 1.68 bits per heavy atom. The minimum Gasteiger partial charge on any atom is -0.497 e. The van der Waals surface area contributed by atoms with Crippen LogP contribution in [0, 0.1) is 13.8 Å². The molecular weight excluding hydrogens is 494 g/mol. The second-order valence-corrected chi connectivity index (χ2v) is 8.58. The number of benzene rings is 2. The van der Waals surface area contributed by atoms with Crippen molar-refractivity contribution in [3.05, 3.63) is 76.6 Å². The molecule has 1 fully saturated rings. The summed E-state index contributed by atoms with van der Waals surface area (Å²) in [6.07, 6.45) is 1.55. The van der Waals surface area contributed by atoms with Gasteiger partial charge in [-0.1, -0.05) is 0 Å². The lowest BCUT2D eigenvalue weighted by Gasteiger charge is -2.30. The Balaban J connectivity index is 1.73. The summed E-state index contributed by atoms with van der Waals surface area (Å²) >= 11 is 5.32. The molecule has 1 saturated heterocycles. The van der Waals surface area contributed by atoms with E-state index in [2.05, 4.69) is 5.32 Å². The first-order valence-corrected chi connectivity index (χ1v) is 11.6. The number of ether oxygens (including phenoxy) is 3. The normalized spacial score (nSPS) is 14.6. The van der Waals surface area contributed by atoms with Crippen LogP contribution in [0.25, 0.3) is 11.8 Å². The van der Waals surface area contributed by atoms with Crippen molar-refractivity contribution in [2.45, 2.75) is 13.8 Å². The second kappa shape index (κ2) is 10.3. The van der Waals surface area contributed by atoms with Gasteiger partial charge in [0.1, 0.15) is 17.1 Å². The predicted molar refractivity (Wildman–Crippen MR) is 142 cm³/mol. The van der Waals surface area contributed by atoms with Gasteiger partial charge in [-0.05, 0) is 80.2 Å². The number of thiocarbonyl (C=S) groups is 1. The molecular formula is C27H25N3O6S. The van der Waals surface area contributed by atoms with Gasteiger partial charge in [0.25, 0.3) is 11.8 Å². The molecule has 2 heterocycles. The van der Waals surface area contributed by atoms with E-state index in [-0.39, 0.29) is 10.7 Å². The first-order chi connectivity index (χ1) is 17.7. The molecule has 0 bridgehead atoms. The molecule has 1 aliphatic rings. The lowest BCUT2D eigenvalue weighted by Crippen LogP contribution is -2.54. The third-order valence-electron chi connectivity index (χ3n) is 6.05. The lowest BCUT2D eigenvalue weighted by molar-refractivity contribution is -0.122. The number of carbonyl (C=O) groups excluding carboxylic acids is 3. The standard InChI is InChI=1S/C27H25N3O6S/c1-15-12-18(16(2)29(15)19-8-6-17(7-9-19)26(33)36-5)13-21-24(31)28-27(37)30(25(21)32)22-11-10-20(34-3)14-23(22)35-4/h6-14H,1-5H3,(H,28,31,37)/b21-13+. The Labute approximate surface area is 219 Å². The van der Waals surface area contributed by atoms with Crippen molar-refractivity contribution >= 4 is 46.9 Å². The number of nitrogens with one attached hydrogen (secondary N) is 1. The summed E-state index contributed by atoms with van der Waals surface area (Å²) in [5.41, 5.74) is 3.92. The van der Waals surface area contributed by atoms with E-state index in [1.54, 1.807) is 48.5 Å². The zero-order chi connectivity index (χ0) is 26.9. The molecule has 0 radical (unpaired) electrons. The molecule has 0 atom stereocenters. The fourth-order valence-corrected chi connectivity index (χ4v) is 4.47. The Morgan fingerprint density at radius 3 is 2.30 bits per heavy atom. The molecule has 9 nitrogen and oxygen atoms in total. The number of rotatable bonds is 6. The second-order valence-electron chi connectivity index (χ2n) is 8.20. The number of hydrogen-bond acceptors (Lipinski definition) is 7. The first kappa shape index (κ1) is 25.6. The summed E-state index contributed by atoms with van der Waals surface area (Å²) in [4.78, 5) is 39.4. The zero-order valence-corrected chi connectivity index (χ0v) is 21.8. The average molecular weight is 520 g/mol. The molecule has 37 heavy (non-hydrogen) atoms. The van der Waals surface area contributed by atoms with Gasteiger partial charge in [-0.15, -0.1) is 0 Å². The third kappa shape index (κ3) is 4.70. The monoisotopic (exact) mass is 519 g/mol. The quantitative estimate of drug-likeness (QED) is 0.229. The molecule has 10 heteroatoms. The van der Waals surface area contributed by atoms with Crippen LogP contribution in [0.4, 0.5) is 5.69 Å². The molecule has 190 valence electrons. The Kier molecular flexibility index (Phi) is 7.12. The topological polar surface area (TPSA) is 99.1 Å². The van der Waals surface area contributed by atoms with Crippen LogP contribution < -0.4 is 19.7 Å².